The third kappa shape index (κ3) is 1.83. The van der Waals surface area contributed by atoms with Gasteiger partial charge in [-0.2, -0.15) is 0 Å². The Morgan fingerprint density at radius 1 is 1.57 bits per heavy atom. The molecule has 0 radical (unpaired) electrons. The van der Waals surface area contributed by atoms with Crippen molar-refractivity contribution in [2.75, 3.05) is 46.3 Å². The summed E-state index contributed by atoms with van der Waals surface area (Å²) in [5, 5.41) is 6.03. The molecule has 0 aromatic carbocycles. The van der Waals surface area contributed by atoms with E-state index in [1.54, 1.807) is 0 Å². The highest BCUT2D eigenvalue weighted by Gasteiger charge is 2.34. The summed E-state index contributed by atoms with van der Waals surface area (Å²) < 4.78 is 0. The number of piperazine rings is 1. The topological polar surface area (TPSA) is 47.6 Å². The lowest BCUT2D eigenvalue weighted by Crippen LogP contribution is -2.53. The number of likely N-dealkylation sites (N-methyl/N-ethyl adjacent to an activating group) is 1. The zero-order valence-electron chi connectivity index (χ0n) is 8.62. The van der Waals surface area contributed by atoms with Crippen LogP contribution in [0.2, 0.25) is 0 Å². The Morgan fingerprint density at radius 3 is 3.21 bits per heavy atom. The summed E-state index contributed by atoms with van der Waals surface area (Å²) in [6.07, 6.45) is 0. The minimum absolute atomic E-state index is 0.114. The number of urea groups is 1. The van der Waals surface area contributed by atoms with Crippen molar-refractivity contribution in [3.8, 4) is 0 Å². The average Bonchev–Trinajstić information content (AvgIpc) is 2.57. The fraction of sp³-hybridized carbons (Fsp3) is 0.889. The van der Waals surface area contributed by atoms with Crippen LogP contribution in [0.1, 0.15) is 0 Å². The van der Waals surface area contributed by atoms with Gasteiger partial charge in [-0.15, -0.1) is 0 Å². The van der Waals surface area contributed by atoms with Gasteiger partial charge in [-0.05, 0) is 7.05 Å². The molecule has 2 saturated heterocycles. The van der Waals surface area contributed by atoms with Crippen LogP contribution in [0.5, 0.6) is 0 Å². The van der Waals surface area contributed by atoms with Crippen molar-refractivity contribution < 1.29 is 4.79 Å². The molecule has 5 heteroatoms. The lowest BCUT2D eigenvalue weighted by atomic mass is 10.2. The van der Waals surface area contributed by atoms with Crippen molar-refractivity contribution in [3.05, 3.63) is 0 Å². The summed E-state index contributed by atoms with van der Waals surface area (Å²) in [5.41, 5.74) is 0. The Bertz CT molecular complexity index is 221. The summed E-state index contributed by atoms with van der Waals surface area (Å²) in [4.78, 5) is 15.7. The fourth-order valence-electron chi connectivity index (χ4n) is 2.14. The first-order valence-electron chi connectivity index (χ1n) is 5.22. The average molecular weight is 198 g/mol. The van der Waals surface area contributed by atoms with Crippen molar-refractivity contribution in [1.29, 1.82) is 0 Å². The van der Waals surface area contributed by atoms with Crippen LogP contribution >= 0.6 is 0 Å². The second-order valence-corrected chi connectivity index (χ2v) is 3.94. The second kappa shape index (κ2) is 4.14. The van der Waals surface area contributed by atoms with Gasteiger partial charge in [0, 0.05) is 39.3 Å². The molecule has 2 aliphatic heterocycles. The Balaban J connectivity index is 1.83. The van der Waals surface area contributed by atoms with Gasteiger partial charge in [0.25, 0.3) is 0 Å². The molecule has 1 unspecified atom stereocenters. The SMILES string of the molecule is CNCCN1CCN2C(=O)NCC2C1. The first-order valence-corrected chi connectivity index (χ1v) is 5.22. The normalized spacial score (nSPS) is 27.6. The number of carbonyl (C=O) groups excluding carboxylic acids is 1. The number of rotatable bonds is 3. The molecule has 80 valence electrons. The maximum atomic E-state index is 11.3. The van der Waals surface area contributed by atoms with Gasteiger partial charge in [0.05, 0.1) is 6.04 Å². The minimum atomic E-state index is 0.114. The number of nitrogens with one attached hydrogen (secondary N) is 2. The number of nitrogens with zero attached hydrogens (tertiary/aromatic N) is 2. The summed E-state index contributed by atoms with van der Waals surface area (Å²) in [6.45, 7) is 5.81. The summed E-state index contributed by atoms with van der Waals surface area (Å²) in [5.74, 6) is 0. The molecule has 1 atom stereocenters. The van der Waals surface area contributed by atoms with E-state index in [1.165, 1.54) is 0 Å². The monoisotopic (exact) mass is 198 g/mol. The van der Waals surface area contributed by atoms with Gasteiger partial charge in [-0.3, -0.25) is 4.90 Å². The van der Waals surface area contributed by atoms with E-state index in [0.29, 0.717) is 6.04 Å². The van der Waals surface area contributed by atoms with E-state index >= 15 is 0 Å². The molecule has 0 aromatic rings. The van der Waals surface area contributed by atoms with Crippen LogP contribution in [0.3, 0.4) is 0 Å². The number of fused-ring (bicyclic) bond motifs is 1. The molecule has 2 rings (SSSR count). The van der Waals surface area contributed by atoms with Crippen LogP contribution in [-0.4, -0.2) is 68.2 Å². The standard InChI is InChI=1S/C9H18N4O/c1-10-2-3-12-4-5-13-8(7-12)6-11-9(13)14/h8,10H,2-7H2,1H3,(H,11,14). The molecular formula is C9H18N4O. The number of hydrogen-bond donors (Lipinski definition) is 2. The van der Waals surface area contributed by atoms with Gasteiger partial charge in [-0.25, -0.2) is 4.79 Å². The van der Waals surface area contributed by atoms with Crippen molar-refractivity contribution in [2.45, 2.75) is 6.04 Å². The summed E-state index contributed by atoms with van der Waals surface area (Å²) in [6, 6.07) is 0.511. The van der Waals surface area contributed by atoms with Gasteiger partial charge in [0.2, 0.25) is 0 Å². The minimum Gasteiger partial charge on any atom is -0.336 e. The highest BCUT2D eigenvalue weighted by molar-refractivity contribution is 5.77. The van der Waals surface area contributed by atoms with E-state index in [0.717, 1.165) is 39.3 Å². The van der Waals surface area contributed by atoms with E-state index in [1.807, 2.05) is 11.9 Å². The summed E-state index contributed by atoms with van der Waals surface area (Å²) in [7, 11) is 1.97. The quantitative estimate of drug-likeness (QED) is 0.606. The van der Waals surface area contributed by atoms with E-state index in [9.17, 15) is 4.79 Å². The van der Waals surface area contributed by atoms with Crippen molar-refractivity contribution >= 4 is 6.03 Å². The third-order valence-electron chi connectivity index (χ3n) is 2.99. The van der Waals surface area contributed by atoms with Crippen molar-refractivity contribution in [2.24, 2.45) is 0 Å². The summed E-state index contributed by atoms with van der Waals surface area (Å²) >= 11 is 0. The second-order valence-electron chi connectivity index (χ2n) is 3.94. The molecule has 0 aliphatic carbocycles. The molecule has 14 heavy (non-hydrogen) atoms. The highest BCUT2D eigenvalue weighted by Crippen LogP contribution is 2.13. The molecule has 5 nitrogen and oxygen atoms in total. The molecule has 0 spiro atoms. The van der Waals surface area contributed by atoms with Gasteiger partial charge >= 0.3 is 6.03 Å². The van der Waals surface area contributed by atoms with Crippen LogP contribution < -0.4 is 10.6 Å². The fourth-order valence-corrected chi connectivity index (χ4v) is 2.14. The Kier molecular flexibility index (Phi) is 2.88. The first-order chi connectivity index (χ1) is 6.81. The van der Waals surface area contributed by atoms with E-state index < -0.39 is 0 Å². The van der Waals surface area contributed by atoms with Crippen LogP contribution in [0.15, 0.2) is 0 Å². The molecular weight excluding hydrogens is 180 g/mol. The molecule has 2 fully saturated rings. The van der Waals surface area contributed by atoms with E-state index in [4.69, 9.17) is 0 Å². The zero-order chi connectivity index (χ0) is 9.97. The molecule has 2 heterocycles. The van der Waals surface area contributed by atoms with Gasteiger partial charge in [0.1, 0.15) is 0 Å². The predicted octanol–water partition coefficient (Wildman–Crippen LogP) is -1.08. The van der Waals surface area contributed by atoms with E-state index in [-0.39, 0.29) is 6.03 Å². The van der Waals surface area contributed by atoms with Gasteiger partial charge < -0.3 is 15.5 Å². The van der Waals surface area contributed by atoms with Crippen LogP contribution in [0.4, 0.5) is 4.79 Å². The third-order valence-corrected chi connectivity index (χ3v) is 2.99. The number of amides is 2. The van der Waals surface area contributed by atoms with E-state index in [2.05, 4.69) is 15.5 Å². The molecule has 2 amide bonds. The lowest BCUT2D eigenvalue weighted by Gasteiger charge is -2.36. The zero-order valence-corrected chi connectivity index (χ0v) is 8.62. The first kappa shape index (κ1) is 9.73. The van der Waals surface area contributed by atoms with Crippen LogP contribution in [-0.2, 0) is 0 Å². The van der Waals surface area contributed by atoms with Gasteiger partial charge in [-0.1, -0.05) is 0 Å². The van der Waals surface area contributed by atoms with Crippen molar-refractivity contribution in [1.82, 2.24) is 20.4 Å². The number of carbonyl (C=O) groups is 1. The Morgan fingerprint density at radius 2 is 2.43 bits per heavy atom. The molecule has 2 aliphatic rings. The van der Waals surface area contributed by atoms with Crippen LogP contribution in [0, 0.1) is 0 Å². The van der Waals surface area contributed by atoms with Crippen molar-refractivity contribution in [3.63, 3.8) is 0 Å². The maximum absolute atomic E-state index is 11.3. The smallest absolute Gasteiger partial charge is 0.317 e. The molecule has 0 saturated carbocycles. The van der Waals surface area contributed by atoms with Crippen LogP contribution in [0.25, 0.3) is 0 Å². The molecule has 2 N–H and O–H groups in total. The highest BCUT2D eigenvalue weighted by atomic mass is 16.2. The Hall–Kier alpha value is -0.810. The largest absolute Gasteiger partial charge is 0.336 e. The molecule has 0 aromatic heterocycles. The number of hydrogen-bond acceptors (Lipinski definition) is 3. The van der Waals surface area contributed by atoms with Gasteiger partial charge in [0.15, 0.2) is 0 Å². The maximum Gasteiger partial charge on any atom is 0.317 e. The lowest BCUT2D eigenvalue weighted by molar-refractivity contribution is 0.122. The Labute approximate surface area is 84.4 Å². The molecule has 0 bridgehead atoms. The predicted molar refractivity (Wildman–Crippen MR) is 54.3 cm³/mol.